The van der Waals surface area contributed by atoms with Crippen LogP contribution >= 0.6 is 11.6 Å². The summed E-state index contributed by atoms with van der Waals surface area (Å²) >= 11 is 5.90. The number of nitrogens with two attached hydrogens (primary N) is 1. The lowest BCUT2D eigenvalue weighted by molar-refractivity contribution is 0.0852. The van der Waals surface area contributed by atoms with Gasteiger partial charge in [-0.25, -0.2) is 36.4 Å². The summed E-state index contributed by atoms with van der Waals surface area (Å²) in [4.78, 5) is 41.9. The fraction of sp³-hybridized carbons (Fsp3) is 0.422. The first-order valence-electron chi connectivity index (χ1n) is 39.3. The van der Waals surface area contributed by atoms with Gasteiger partial charge < -0.3 is 0 Å². The first kappa shape index (κ1) is 104. The quantitative estimate of drug-likeness (QED) is 0.108. The molecule has 0 spiro atoms. The van der Waals surface area contributed by atoms with Crippen molar-refractivity contribution in [3.05, 3.63) is 325 Å². The van der Waals surface area contributed by atoms with Gasteiger partial charge in [0.05, 0.1) is 18.0 Å². The van der Waals surface area contributed by atoms with Crippen molar-refractivity contribution >= 4 is 50.3 Å². The summed E-state index contributed by atoms with van der Waals surface area (Å²) in [6, 6.07) is 67.4. The number of rotatable bonds is 10. The van der Waals surface area contributed by atoms with Crippen molar-refractivity contribution < 1.29 is 36.0 Å². The van der Waals surface area contributed by atoms with Gasteiger partial charge in [0.1, 0.15) is 17.5 Å². The topological polar surface area (TPSA) is 120 Å². The van der Waals surface area contributed by atoms with Gasteiger partial charge in [-0.05, 0) is 166 Å². The standard InChI is InChI=1S/C12H13NO.C12H15N.C12H18.C11H14ClF.C11H13FO.C11H15F.C11H17NO2S.C11H14O.C11H16/c1-12(2,3)11(14)9-5-7-10(13-4)8-6-9;1-12(2,3)9-10-5-7-11(13-4)8-6-10;1-10-5-7-11(8-6-10)9-12(2,3)4;1-11(2,3)7-8-9(12)5-4-6-10(8)13;1-11(2,3)10(13)8-4-6-9(12)7-5-8;1-11(2,3)8-9-4-6-10(12)7-5-9;1-11(2,3)8-9-4-6-10(7-5-9)15(12,13)14;1-11(2,3)10(12)9-7-5-4-6-8-9;1-11(2,3)9-10-7-5-4-6-8-10/h5-8H,1-3H3;5-8H,9H2,1-3H3;5-8H,9H2,1-4H3;4-6H,7H2,1-3H3;4-7H,1-3H3;4-7H,8H2,1-3H3;4-7H,8H2,1-3H3,(H2,12,13,14);4-8H,1-3H3;4-8H,9H2,1-3H3. The highest BCUT2D eigenvalue weighted by Crippen LogP contribution is 2.31. The highest BCUT2D eigenvalue weighted by atomic mass is 35.5. The molecule has 0 aromatic heterocycles. The largest absolute Gasteiger partial charge is 0.294 e. The van der Waals surface area contributed by atoms with Gasteiger partial charge in [-0.2, -0.15) is 0 Å². The Bertz CT molecular complexity index is 4480. The Morgan fingerprint density at radius 1 is 0.330 bits per heavy atom. The molecular weight excluding hydrogens is 1470 g/mol. The van der Waals surface area contributed by atoms with E-state index >= 15 is 0 Å². The molecule has 13 heteroatoms. The van der Waals surface area contributed by atoms with Crippen molar-refractivity contribution in [2.45, 2.75) is 237 Å². The summed E-state index contributed by atoms with van der Waals surface area (Å²) < 4.78 is 60.4. The molecule has 115 heavy (non-hydrogen) atoms. The first-order chi connectivity index (χ1) is 52.5. The fourth-order valence-corrected chi connectivity index (χ4v) is 11.6. The molecule has 9 aromatic carbocycles. The molecule has 0 amide bonds. The number of sulfonamides is 1. The molecular formula is C102H135ClF3N3O5S. The lowest BCUT2D eigenvalue weighted by atomic mass is 9.86. The van der Waals surface area contributed by atoms with Crippen LogP contribution in [-0.2, 0) is 48.5 Å². The minimum Gasteiger partial charge on any atom is -0.294 e. The van der Waals surface area contributed by atoms with E-state index in [9.17, 15) is 36.0 Å². The van der Waals surface area contributed by atoms with Crippen LogP contribution in [0.2, 0.25) is 5.02 Å². The highest BCUT2D eigenvalue weighted by molar-refractivity contribution is 7.89. The molecule has 0 saturated carbocycles. The van der Waals surface area contributed by atoms with Crippen LogP contribution in [0, 0.1) is 86.3 Å². The number of halogens is 4. The molecule has 9 rings (SSSR count). The van der Waals surface area contributed by atoms with Crippen molar-refractivity contribution in [1.29, 1.82) is 0 Å². The third-order valence-corrected chi connectivity index (χ3v) is 17.4. The normalized spacial score (nSPS) is 11.5. The Morgan fingerprint density at radius 3 is 0.870 bits per heavy atom. The van der Waals surface area contributed by atoms with Crippen molar-refractivity contribution in [2.75, 3.05) is 0 Å². The van der Waals surface area contributed by atoms with Gasteiger partial charge in [-0.3, -0.25) is 14.4 Å². The average Bonchev–Trinajstić information content (AvgIpc) is 0.856. The molecule has 0 bridgehead atoms. The molecule has 0 aliphatic carbocycles. The van der Waals surface area contributed by atoms with Crippen LogP contribution in [0.3, 0.4) is 0 Å². The Kier molecular flexibility index (Phi) is 42.2. The smallest absolute Gasteiger partial charge is 0.238 e. The Hall–Kier alpha value is -9.04. The maximum Gasteiger partial charge on any atom is 0.238 e. The Labute approximate surface area is 698 Å². The van der Waals surface area contributed by atoms with Crippen molar-refractivity contribution in [3.63, 3.8) is 0 Å². The van der Waals surface area contributed by atoms with Gasteiger partial charge in [0, 0.05) is 43.5 Å². The van der Waals surface area contributed by atoms with E-state index in [1.807, 2.05) is 141 Å². The molecule has 0 atom stereocenters. The number of primary sulfonamides is 1. The number of aryl methyl sites for hydroxylation is 1. The van der Waals surface area contributed by atoms with Crippen LogP contribution in [-0.4, -0.2) is 25.8 Å². The van der Waals surface area contributed by atoms with E-state index < -0.39 is 15.4 Å². The van der Waals surface area contributed by atoms with Crippen LogP contribution in [0.4, 0.5) is 24.5 Å². The van der Waals surface area contributed by atoms with E-state index in [4.69, 9.17) is 29.9 Å². The zero-order valence-corrected chi connectivity index (χ0v) is 76.1. The second-order valence-corrected chi connectivity index (χ2v) is 41.4. The average molecular weight is 1610 g/mol. The minimum atomic E-state index is -3.56. The zero-order valence-electron chi connectivity index (χ0n) is 74.5. The number of benzene rings is 9. The van der Waals surface area contributed by atoms with E-state index in [-0.39, 0.29) is 66.8 Å². The van der Waals surface area contributed by atoms with Crippen LogP contribution in [0.5, 0.6) is 0 Å². The fourth-order valence-electron chi connectivity index (χ4n) is 10.9. The van der Waals surface area contributed by atoms with E-state index in [1.165, 1.54) is 70.3 Å². The summed E-state index contributed by atoms with van der Waals surface area (Å²) in [6.45, 7) is 72.1. The van der Waals surface area contributed by atoms with Gasteiger partial charge >= 0.3 is 0 Å². The molecule has 0 fully saturated rings. The number of hydrogen-bond acceptors (Lipinski definition) is 5. The summed E-state index contributed by atoms with van der Waals surface area (Å²) in [7, 11) is -3.56. The Morgan fingerprint density at radius 2 is 0.583 bits per heavy atom. The van der Waals surface area contributed by atoms with Gasteiger partial charge in [0.2, 0.25) is 10.0 Å². The van der Waals surface area contributed by atoms with Crippen molar-refractivity contribution in [1.82, 2.24) is 0 Å². The van der Waals surface area contributed by atoms with Gasteiger partial charge in [-0.15, -0.1) is 0 Å². The third-order valence-electron chi connectivity index (χ3n) is 16.1. The summed E-state index contributed by atoms with van der Waals surface area (Å²) in [5.41, 5.74) is 12.4. The Balaban J connectivity index is 0.000000648. The summed E-state index contributed by atoms with van der Waals surface area (Å²) in [6.07, 6.45) is 5.95. The lowest BCUT2D eigenvalue weighted by Gasteiger charge is -2.19. The minimum absolute atomic E-state index is 0.0347. The predicted octanol–water partition coefficient (Wildman–Crippen LogP) is 29.5. The van der Waals surface area contributed by atoms with Crippen LogP contribution < -0.4 is 5.14 Å². The van der Waals surface area contributed by atoms with Gasteiger partial charge in [0.15, 0.2) is 28.7 Å². The second-order valence-electron chi connectivity index (χ2n) is 39.5. The number of ketones is 3. The predicted molar refractivity (Wildman–Crippen MR) is 482 cm³/mol. The number of carbonyl (C=O) groups excluding carboxylic acids is 3. The van der Waals surface area contributed by atoms with Crippen LogP contribution in [0.25, 0.3) is 9.69 Å². The SMILES string of the molecule is CC(C)(C)C(=O)c1ccc(F)cc1.CC(C)(C)C(=O)c1ccccc1.CC(C)(C)Cc1c(F)cccc1Cl.CC(C)(C)Cc1ccc(F)cc1.CC(C)(C)Cc1ccc(S(N)(=O)=O)cc1.CC(C)(C)Cc1ccccc1.Cc1ccc(CC(C)(C)C)cc1.[C-]#[N+]c1ccc(C(=O)C(C)(C)C)cc1.[C-]#[N+]c1ccc(CC(C)(C)C)cc1. The van der Waals surface area contributed by atoms with Crippen molar-refractivity contribution in [2.24, 2.45) is 53.9 Å². The molecule has 0 aliphatic rings. The van der Waals surface area contributed by atoms with Gasteiger partial charge in [0.25, 0.3) is 0 Å². The van der Waals surface area contributed by atoms with Gasteiger partial charge in [-0.1, -0.05) is 368 Å². The zero-order chi connectivity index (χ0) is 88.4. The van der Waals surface area contributed by atoms with E-state index in [2.05, 4.69) is 196 Å². The number of carbonyl (C=O) groups is 3. The number of hydrogen-bond donors (Lipinski definition) is 1. The molecule has 8 nitrogen and oxygen atoms in total. The third kappa shape index (κ3) is 48.8. The summed E-state index contributed by atoms with van der Waals surface area (Å²) in [5.74, 6) is -0.342. The molecule has 9 aromatic rings. The molecule has 0 unspecified atom stereocenters. The van der Waals surface area contributed by atoms with E-state index in [0.717, 1.165) is 48.9 Å². The van der Waals surface area contributed by atoms with E-state index in [1.54, 1.807) is 48.5 Å². The summed E-state index contributed by atoms with van der Waals surface area (Å²) in [5, 5.41) is 5.53. The maximum absolute atomic E-state index is 13.3. The monoisotopic (exact) mass is 1610 g/mol. The first-order valence-corrected chi connectivity index (χ1v) is 41.2. The molecule has 0 heterocycles. The number of nitrogens with zero attached hydrogens (tertiary/aromatic N) is 2. The molecule has 2 N–H and O–H groups in total. The van der Waals surface area contributed by atoms with Crippen LogP contribution in [0.1, 0.15) is 257 Å². The van der Waals surface area contributed by atoms with Crippen LogP contribution in [0.15, 0.2) is 229 Å². The maximum atomic E-state index is 13.3. The van der Waals surface area contributed by atoms with E-state index in [0.29, 0.717) is 50.1 Å². The number of Topliss-reactive ketones (excluding diaryl/α,β-unsaturated/α-hetero) is 3. The highest BCUT2D eigenvalue weighted by Gasteiger charge is 2.25. The van der Waals surface area contributed by atoms with Crippen molar-refractivity contribution in [3.8, 4) is 0 Å². The molecule has 0 aliphatic heterocycles. The second kappa shape index (κ2) is 46.6. The lowest BCUT2D eigenvalue weighted by Crippen LogP contribution is -2.19. The molecule has 0 radical (unpaired) electrons. The molecule has 0 saturated heterocycles. The molecule has 622 valence electrons.